The summed E-state index contributed by atoms with van der Waals surface area (Å²) < 4.78 is 5.84. The summed E-state index contributed by atoms with van der Waals surface area (Å²) >= 11 is 0. The minimum absolute atomic E-state index is 0.107. The minimum Gasteiger partial charge on any atom is -0.375 e. The van der Waals surface area contributed by atoms with Crippen LogP contribution in [0.25, 0.3) is 0 Å². The van der Waals surface area contributed by atoms with Crippen molar-refractivity contribution < 1.29 is 28.7 Å². The number of ketones is 1. The average molecular weight is 515 g/mol. The molecule has 36 heavy (non-hydrogen) atoms. The molecule has 0 aromatic rings. The molecule has 0 fully saturated rings. The molecule has 0 aromatic carbocycles. The molecule has 1 aliphatic rings. The van der Waals surface area contributed by atoms with Crippen molar-refractivity contribution in [3.63, 3.8) is 0 Å². The summed E-state index contributed by atoms with van der Waals surface area (Å²) in [5.41, 5.74) is -0.902. The molecule has 0 spiro atoms. The number of Topliss-reactive ketones (excluding diaryl/α,β-unsaturated/α-hetero) is 1. The third-order valence-corrected chi connectivity index (χ3v) is 4.85. The fraction of sp³-hybridized carbons (Fsp3) is 0.750. The van der Waals surface area contributed by atoms with Gasteiger partial charge in [-0.25, -0.2) is 4.90 Å². The van der Waals surface area contributed by atoms with Crippen molar-refractivity contribution in [1.82, 2.24) is 10.2 Å². The van der Waals surface area contributed by atoms with Crippen LogP contribution >= 0.6 is 0 Å². The summed E-state index contributed by atoms with van der Waals surface area (Å²) in [6.45, 7) is 25.9. The second-order valence-corrected chi connectivity index (χ2v) is 8.14. The van der Waals surface area contributed by atoms with Crippen LogP contribution in [0.5, 0.6) is 0 Å². The van der Waals surface area contributed by atoms with Crippen LogP contribution in [-0.2, 0) is 28.7 Å². The lowest BCUT2D eigenvalue weighted by molar-refractivity contribution is -0.149. The van der Waals surface area contributed by atoms with E-state index >= 15 is 0 Å². The first kappa shape index (κ1) is 40.8. The first-order valence-corrected chi connectivity index (χ1v) is 13.4. The van der Waals surface area contributed by atoms with Gasteiger partial charge < -0.3 is 10.1 Å². The number of rotatable bonds is 11. The minimum atomic E-state index is -0.688. The predicted octanol–water partition coefficient (Wildman–Crippen LogP) is 5.63. The highest BCUT2D eigenvalue weighted by molar-refractivity contribution is 6.22. The van der Waals surface area contributed by atoms with E-state index in [9.17, 15) is 24.0 Å². The van der Waals surface area contributed by atoms with Crippen LogP contribution in [0.15, 0.2) is 12.2 Å². The van der Waals surface area contributed by atoms with Crippen molar-refractivity contribution in [1.29, 1.82) is 0 Å². The van der Waals surface area contributed by atoms with E-state index in [2.05, 4.69) is 5.32 Å². The van der Waals surface area contributed by atoms with Gasteiger partial charge in [-0.3, -0.25) is 24.0 Å². The highest BCUT2D eigenvalue weighted by atomic mass is 16.5. The van der Waals surface area contributed by atoms with Gasteiger partial charge in [0.15, 0.2) is 0 Å². The molecule has 1 N–H and O–H groups in total. The van der Waals surface area contributed by atoms with Gasteiger partial charge >= 0.3 is 0 Å². The van der Waals surface area contributed by atoms with Crippen molar-refractivity contribution in [2.75, 3.05) is 13.2 Å². The molecular formula is C28H54N2O6. The Morgan fingerprint density at radius 3 is 1.67 bits per heavy atom. The van der Waals surface area contributed by atoms with Gasteiger partial charge in [0.1, 0.15) is 5.78 Å². The molecule has 0 atom stereocenters. The molecule has 0 saturated heterocycles. The number of ether oxygens (including phenoxy) is 1. The molecule has 4 amide bonds. The van der Waals surface area contributed by atoms with E-state index in [4.69, 9.17) is 4.74 Å². The maximum atomic E-state index is 11.9. The Labute approximate surface area is 220 Å². The number of hydrogen-bond donors (Lipinski definition) is 1. The van der Waals surface area contributed by atoms with Crippen LogP contribution in [0.2, 0.25) is 0 Å². The SMILES string of the molecule is CC.CC.CC.CC.CC(=O)C(C)(C)CCOC(C)(C)CCNC(=O)CCC(=O)N1C(=O)C=CC1=O. The van der Waals surface area contributed by atoms with Crippen molar-refractivity contribution in [3.8, 4) is 0 Å². The zero-order valence-electron chi connectivity index (χ0n) is 25.3. The highest BCUT2D eigenvalue weighted by Gasteiger charge is 2.30. The lowest BCUT2D eigenvalue weighted by Crippen LogP contribution is -2.37. The van der Waals surface area contributed by atoms with E-state index in [-0.39, 0.29) is 24.5 Å². The number of hydrogen-bond acceptors (Lipinski definition) is 6. The predicted molar refractivity (Wildman–Crippen MR) is 147 cm³/mol. The van der Waals surface area contributed by atoms with Gasteiger partial charge in [-0.05, 0) is 33.6 Å². The van der Waals surface area contributed by atoms with Crippen LogP contribution < -0.4 is 5.32 Å². The molecule has 1 heterocycles. The van der Waals surface area contributed by atoms with Crippen LogP contribution in [0.1, 0.15) is 116 Å². The molecule has 1 aliphatic heterocycles. The summed E-state index contributed by atoms with van der Waals surface area (Å²) in [6, 6.07) is 0. The Morgan fingerprint density at radius 1 is 0.806 bits per heavy atom. The zero-order chi connectivity index (χ0) is 29.5. The van der Waals surface area contributed by atoms with Gasteiger partial charge in [-0.1, -0.05) is 69.2 Å². The molecule has 0 aromatic heterocycles. The van der Waals surface area contributed by atoms with E-state index in [1.54, 1.807) is 6.92 Å². The van der Waals surface area contributed by atoms with Gasteiger partial charge in [0.2, 0.25) is 11.8 Å². The zero-order valence-corrected chi connectivity index (χ0v) is 25.3. The van der Waals surface area contributed by atoms with E-state index in [1.807, 2.05) is 83.1 Å². The first-order valence-electron chi connectivity index (χ1n) is 13.4. The van der Waals surface area contributed by atoms with Gasteiger partial charge in [-0.15, -0.1) is 0 Å². The number of nitrogens with zero attached hydrogens (tertiary/aromatic N) is 1. The normalized spacial score (nSPS) is 12.0. The summed E-state index contributed by atoms with van der Waals surface area (Å²) in [7, 11) is 0. The molecule has 0 aliphatic carbocycles. The third kappa shape index (κ3) is 18.0. The van der Waals surface area contributed by atoms with Crippen molar-refractivity contribution in [2.24, 2.45) is 5.41 Å². The van der Waals surface area contributed by atoms with Crippen molar-refractivity contribution in [2.45, 2.75) is 121 Å². The fourth-order valence-corrected chi connectivity index (χ4v) is 2.40. The largest absolute Gasteiger partial charge is 0.375 e. The molecular weight excluding hydrogens is 460 g/mol. The van der Waals surface area contributed by atoms with Crippen LogP contribution in [-0.4, -0.2) is 53.1 Å². The Morgan fingerprint density at radius 2 is 1.25 bits per heavy atom. The lowest BCUT2D eigenvalue weighted by Gasteiger charge is -2.28. The Kier molecular flexibility index (Phi) is 26.2. The number of nitrogens with one attached hydrogen (secondary N) is 1. The molecule has 8 nitrogen and oxygen atoms in total. The first-order chi connectivity index (χ1) is 16.9. The Hall–Kier alpha value is -2.35. The molecule has 0 radical (unpaired) electrons. The van der Waals surface area contributed by atoms with Crippen LogP contribution in [0.4, 0.5) is 0 Å². The van der Waals surface area contributed by atoms with Crippen molar-refractivity contribution >= 4 is 29.4 Å². The quantitative estimate of drug-likeness (QED) is 0.358. The van der Waals surface area contributed by atoms with E-state index < -0.39 is 28.7 Å². The standard InChI is InChI=1S/C20H30N2O6.4C2H6/c1-14(23)19(2,3)11-13-28-20(4,5)10-12-21-15(24)6-7-16(25)22-17(26)8-9-18(22)27;4*1-2/h8-9H,6-7,10-13H2,1-5H3,(H,21,24);4*1-2H3. The maximum Gasteiger partial charge on any atom is 0.260 e. The number of amides is 4. The average Bonchev–Trinajstić information content (AvgIpc) is 3.20. The van der Waals surface area contributed by atoms with E-state index in [1.165, 1.54) is 0 Å². The second kappa shape index (κ2) is 23.1. The highest BCUT2D eigenvalue weighted by Crippen LogP contribution is 2.23. The topological polar surface area (TPSA) is 110 Å². The summed E-state index contributed by atoms with van der Waals surface area (Å²) in [6.07, 6.45) is 2.90. The summed E-state index contributed by atoms with van der Waals surface area (Å²) in [5.74, 6) is -2.27. The number of carbonyl (C=O) groups is 5. The fourth-order valence-electron chi connectivity index (χ4n) is 2.40. The molecule has 0 bridgehead atoms. The molecule has 0 unspecified atom stereocenters. The molecule has 1 rings (SSSR count). The van der Waals surface area contributed by atoms with Gasteiger partial charge in [0, 0.05) is 43.6 Å². The van der Waals surface area contributed by atoms with Gasteiger partial charge in [0.05, 0.1) is 5.60 Å². The molecule has 212 valence electrons. The maximum absolute atomic E-state index is 11.9. The van der Waals surface area contributed by atoms with E-state index in [0.717, 1.165) is 12.2 Å². The molecule has 0 saturated carbocycles. The number of imide groups is 3. The monoisotopic (exact) mass is 514 g/mol. The smallest absolute Gasteiger partial charge is 0.260 e. The number of carbonyl (C=O) groups excluding carboxylic acids is 5. The van der Waals surface area contributed by atoms with Crippen LogP contribution in [0.3, 0.4) is 0 Å². The molecule has 8 heteroatoms. The second-order valence-electron chi connectivity index (χ2n) is 8.14. The summed E-state index contributed by atoms with van der Waals surface area (Å²) in [5, 5.41) is 2.70. The Balaban J connectivity index is -0.000000579. The Bertz CT molecular complexity index is 664. The van der Waals surface area contributed by atoms with Gasteiger partial charge in [0.25, 0.3) is 11.8 Å². The summed E-state index contributed by atoms with van der Waals surface area (Å²) in [4.78, 5) is 58.6. The lowest BCUT2D eigenvalue weighted by atomic mass is 9.86. The van der Waals surface area contributed by atoms with Gasteiger partial charge in [-0.2, -0.15) is 0 Å². The van der Waals surface area contributed by atoms with Crippen molar-refractivity contribution in [3.05, 3.63) is 12.2 Å². The van der Waals surface area contributed by atoms with E-state index in [0.29, 0.717) is 30.9 Å². The van der Waals surface area contributed by atoms with Crippen LogP contribution in [0, 0.1) is 5.41 Å². The third-order valence-electron chi connectivity index (χ3n) is 4.85.